The van der Waals surface area contributed by atoms with Crippen molar-refractivity contribution >= 4 is 44.9 Å². The molecule has 0 aliphatic heterocycles. The molecule has 0 saturated carbocycles. The SMILES string of the molecule is COc1ccc(S(=O)(=O)Nc2cc(-c3c(O)ccc4ccccc34)c(OP(C)(=O)O)c3ccccc23)cc1. The third-order valence-corrected chi connectivity index (χ3v) is 7.95. The van der Waals surface area contributed by atoms with E-state index in [1.807, 2.05) is 12.1 Å². The summed E-state index contributed by atoms with van der Waals surface area (Å²) in [5.41, 5.74) is 0.790. The molecule has 0 amide bonds. The zero-order chi connectivity index (χ0) is 27.1. The fourth-order valence-electron chi connectivity index (χ4n) is 4.39. The number of benzene rings is 5. The number of hydrogen-bond donors (Lipinski definition) is 3. The highest BCUT2D eigenvalue weighted by Gasteiger charge is 2.25. The standard InChI is InChI=1S/C28H24NO7PS/c1-35-19-12-14-20(15-13-19)38(33,34)29-25-17-24(27-21-8-4-3-7-18(21)11-16-26(27)30)28(36-37(2,31)32)23-10-6-5-9-22(23)25/h3-17,29-30H,1-2H3,(H,31,32). The van der Waals surface area contributed by atoms with Gasteiger partial charge in [0.25, 0.3) is 10.0 Å². The molecule has 0 aliphatic rings. The summed E-state index contributed by atoms with van der Waals surface area (Å²) >= 11 is 0. The van der Waals surface area contributed by atoms with Gasteiger partial charge in [-0.15, -0.1) is 0 Å². The maximum absolute atomic E-state index is 13.4. The van der Waals surface area contributed by atoms with Crippen molar-refractivity contribution in [1.29, 1.82) is 0 Å². The van der Waals surface area contributed by atoms with Crippen LogP contribution in [0.15, 0.2) is 95.9 Å². The van der Waals surface area contributed by atoms with E-state index in [0.717, 1.165) is 12.1 Å². The van der Waals surface area contributed by atoms with Crippen molar-refractivity contribution in [3.63, 3.8) is 0 Å². The molecule has 5 aromatic rings. The Kier molecular flexibility index (Phi) is 6.53. The zero-order valence-electron chi connectivity index (χ0n) is 20.5. The van der Waals surface area contributed by atoms with Gasteiger partial charge in [0.1, 0.15) is 17.2 Å². The topological polar surface area (TPSA) is 122 Å². The molecular weight excluding hydrogens is 525 g/mol. The molecule has 194 valence electrons. The molecule has 0 bridgehead atoms. The minimum atomic E-state index is -4.06. The van der Waals surface area contributed by atoms with Gasteiger partial charge in [-0.2, -0.15) is 0 Å². The van der Waals surface area contributed by atoms with E-state index < -0.39 is 17.6 Å². The number of sulfonamides is 1. The van der Waals surface area contributed by atoms with Crippen LogP contribution in [0.4, 0.5) is 5.69 Å². The van der Waals surface area contributed by atoms with Gasteiger partial charge in [0.15, 0.2) is 0 Å². The number of hydrogen-bond acceptors (Lipinski definition) is 6. The van der Waals surface area contributed by atoms with Gasteiger partial charge in [-0.1, -0.05) is 54.6 Å². The molecule has 0 spiro atoms. The minimum absolute atomic E-state index is 0.0192. The second-order valence-electron chi connectivity index (χ2n) is 8.70. The molecule has 0 radical (unpaired) electrons. The Morgan fingerprint density at radius 3 is 2.13 bits per heavy atom. The van der Waals surface area contributed by atoms with E-state index >= 15 is 0 Å². The number of rotatable bonds is 7. The number of nitrogens with one attached hydrogen (secondary N) is 1. The number of aromatic hydroxyl groups is 1. The van der Waals surface area contributed by atoms with E-state index in [1.54, 1.807) is 54.6 Å². The Morgan fingerprint density at radius 1 is 0.842 bits per heavy atom. The molecule has 10 heteroatoms. The summed E-state index contributed by atoms with van der Waals surface area (Å²) in [5.74, 6) is 0.460. The monoisotopic (exact) mass is 549 g/mol. The van der Waals surface area contributed by atoms with Crippen molar-refractivity contribution in [3.05, 3.63) is 91.0 Å². The summed E-state index contributed by atoms with van der Waals surface area (Å²) in [6.07, 6.45) is 0. The van der Waals surface area contributed by atoms with Crippen LogP contribution in [0, 0.1) is 0 Å². The predicted molar refractivity (Wildman–Crippen MR) is 149 cm³/mol. The molecule has 1 unspecified atom stereocenters. The number of phenols is 1. The number of methoxy groups -OCH3 is 1. The number of fused-ring (bicyclic) bond motifs is 2. The third-order valence-electron chi connectivity index (χ3n) is 6.05. The minimum Gasteiger partial charge on any atom is -0.507 e. The Balaban J connectivity index is 1.80. The second kappa shape index (κ2) is 9.68. The lowest BCUT2D eigenvalue weighted by Crippen LogP contribution is -2.13. The van der Waals surface area contributed by atoms with Crippen LogP contribution in [0.1, 0.15) is 0 Å². The summed E-state index contributed by atoms with van der Waals surface area (Å²) in [6.45, 7) is 1.06. The summed E-state index contributed by atoms with van der Waals surface area (Å²) in [4.78, 5) is 10.2. The van der Waals surface area contributed by atoms with E-state index in [1.165, 1.54) is 31.4 Å². The lowest BCUT2D eigenvalue weighted by Gasteiger charge is -2.21. The van der Waals surface area contributed by atoms with E-state index in [9.17, 15) is 23.0 Å². The van der Waals surface area contributed by atoms with Gasteiger partial charge in [0.05, 0.1) is 17.7 Å². The maximum atomic E-state index is 13.4. The van der Waals surface area contributed by atoms with Crippen LogP contribution >= 0.6 is 7.60 Å². The fourth-order valence-corrected chi connectivity index (χ4v) is 5.99. The molecule has 0 aliphatic carbocycles. The highest BCUT2D eigenvalue weighted by Crippen LogP contribution is 2.51. The number of ether oxygens (including phenoxy) is 1. The molecule has 0 fully saturated rings. The van der Waals surface area contributed by atoms with Crippen LogP contribution in [-0.2, 0) is 14.6 Å². The third kappa shape index (κ3) is 4.91. The number of anilines is 1. The first kappa shape index (κ1) is 25.6. The Bertz CT molecular complexity index is 1830. The van der Waals surface area contributed by atoms with Crippen molar-refractivity contribution in [3.8, 4) is 28.4 Å². The molecule has 5 rings (SSSR count). The lowest BCUT2D eigenvalue weighted by molar-refractivity contribution is 0.389. The van der Waals surface area contributed by atoms with Gasteiger partial charge < -0.3 is 19.3 Å². The van der Waals surface area contributed by atoms with Crippen LogP contribution in [0.3, 0.4) is 0 Å². The van der Waals surface area contributed by atoms with Crippen LogP contribution in [0.25, 0.3) is 32.7 Å². The maximum Gasteiger partial charge on any atom is 0.373 e. The summed E-state index contributed by atoms with van der Waals surface area (Å²) in [7, 11) is -6.61. The van der Waals surface area contributed by atoms with Crippen LogP contribution < -0.4 is 14.0 Å². The van der Waals surface area contributed by atoms with Gasteiger partial charge in [-0.05, 0) is 47.2 Å². The highest BCUT2D eigenvalue weighted by atomic mass is 32.2. The summed E-state index contributed by atoms with van der Waals surface area (Å²) in [5, 5.41) is 13.3. The van der Waals surface area contributed by atoms with Gasteiger partial charge in [0, 0.05) is 28.6 Å². The van der Waals surface area contributed by atoms with Crippen molar-refractivity contribution in [2.45, 2.75) is 4.90 Å². The van der Waals surface area contributed by atoms with Crippen LogP contribution in [0.5, 0.6) is 17.2 Å². The van der Waals surface area contributed by atoms with Crippen molar-refractivity contribution in [2.24, 2.45) is 0 Å². The van der Waals surface area contributed by atoms with E-state index in [-0.39, 0.29) is 27.6 Å². The molecule has 3 N–H and O–H groups in total. The average molecular weight is 550 g/mol. The van der Waals surface area contributed by atoms with Crippen LogP contribution in [0.2, 0.25) is 0 Å². The zero-order valence-corrected chi connectivity index (χ0v) is 22.2. The van der Waals surface area contributed by atoms with E-state index in [4.69, 9.17) is 9.26 Å². The van der Waals surface area contributed by atoms with Gasteiger partial charge >= 0.3 is 7.60 Å². The van der Waals surface area contributed by atoms with Gasteiger partial charge in [-0.25, -0.2) is 13.0 Å². The molecule has 1 atom stereocenters. The van der Waals surface area contributed by atoms with Crippen molar-refractivity contribution < 1.29 is 32.2 Å². The molecule has 0 saturated heterocycles. The molecule has 0 aromatic heterocycles. The predicted octanol–water partition coefficient (Wildman–Crippen LogP) is 6.37. The Hall–Kier alpha value is -4.04. The lowest BCUT2D eigenvalue weighted by atomic mass is 9.93. The first-order valence-corrected chi connectivity index (χ1v) is 15.0. The molecule has 0 heterocycles. The van der Waals surface area contributed by atoms with Crippen molar-refractivity contribution in [2.75, 3.05) is 18.5 Å². The summed E-state index contributed by atoms with van der Waals surface area (Å²) < 4.78 is 52.6. The first-order valence-electron chi connectivity index (χ1n) is 11.5. The first-order chi connectivity index (χ1) is 18.1. The van der Waals surface area contributed by atoms with Gasteiger partial charge in [0.2, 0.25) is 0 Å². The normalized spacial score (nSPS) is 13.2. The molecule has 5 aromatic carbocycles. The van der Waals surface area contributed by atoms with Crippen molar-refractivity contribution in [1.82, 2.24) is 0 Å². The van der Waals surface area contributed by atoms with Crippen LogP contribution in [-0.4, -0.2) is 32.2 Å². The molecule has 8 nitrogen and oxygen atoms in total. The quantitative estimate of drug-likeness (QED) is 0.202. The summed E-state index contributed by atoms with van der Waals surface area (Å²) in [6, 6.07) is 24.8. The Labute approximate surface area is 219 Å². The number of phenolic OH excluding ortho intramolecular Hbond substituents is 1. The smallest absolute Gasteiger partial charge is 0.373 e. The molecule has 38 heavy (non-hydrogen) atoms. The highest BCUT2D eigenvalue weighted by molar-refractivity contribution is 7.92. The van der Waals surface area contributed by atoms with E-state index in [0.29, 0.717) is 27.5 Å². The molecular formula is C28H24NO7PS. The average Bonchev–Trinajstić information content (AvgIpc) is 2.89. The van der Waals surface area contributed by atoms with E-state index in [2.05, 4.69) is 4.72 Å². The Morgan fingerprint density at radius 2 is 1.47 bits per heavy atom. The fraction of sp³-hybridized carbons (Fsp3) is 0.0714. The largest absolute Gasteiger partial charge is 0.507 e. The second-order valence-corrected chi connectivity index (χ2v) is 12.2. The van der Waals surface area contributed by atoms with Gasteiger partial charge in [-0.3, -0.25) is 4.72 Å².